The summed E-state index contributed by atoms with van der Waals surface area (Å²) in [6.07, 6.45) is 2.35. The second kappa shape index (κ2) is 5.71. The molecule has 0 radical (unpaired) electrons. The molecule has 0 saturated carbocycles. The van der Waals surface area contributed by atoms with Crippen LogP contribution >= 0.6 is 11.8 Å². The Kier molecular flexibility index (Phi) is 4.27. The number of hydrogen-bond donors (Lipinski definition) is 1. The monoisotopic (exact) mass is 238 g/mol. The van der Waals surface area contributed by atoms with E-state index in [1.54, 1.807) is 11.8 Å². The van der Waals surface area contributed by atoms with Crippen LogP contribution in [0.4, 0.5) is 0 Å². The van der Waals surface area contributed by atoms with Crippen LogP contribution in [-0.2, 0) is 4.74 Å². The highest BCUT2D eigenvalue weighted by Crippen LogP contribution is 2.29. The lowest BCUT2D eigenvalue weighted by Crippen LogP contribution is -2.08. The molecule has 2 unspecified atom stereocenters. The van der Waals surface area contributed by atoms with Crippen molar-refractivity contribution < 1.29 is 9.84 Å². The second-order valence-corrected chi connectivity index (χ2v) is 5.22. The van der Waals surface area contributed by atoms with Gasteiger partial charge in [-0.2, -0.15) is 0 Å². The molecule has 1 N–H and O–H groups in total. The van der Waals surface area contributed by atoms with Gasteiger partial charge in [-0.25, -0.2) is 0 Å². The molecule has 16 heavy (non-hydrogen) atoms. The van der Waals surface area contributed by atoms with Gasteiger partial charge >= 0.3 is 0 Å². The highest BCUT2D eigenvalue weighted by molar-refractivity contribution is 7.99. The van der Waals surface area contributed by atoms with Crippen molar-refractivity contribution in [1.82, 2.24) is 0 Å². The number of ether oxygens (including phenoxy) is 1. The summed E-state index contributed by atoms with van der Waals surface area (Å²) in [4.78, 5) is 1.17. The molecule has 1 aliphatic rings. The lowest BCUT2D eigenvalue weighted by molar-refractivity contribution is 0.129. The van der Waals surface area contributed by atoms with E-state index in [1.807, 2.05) is 25.1 Å². The molecule has 2 rings (SSSR count). The fraction of sp³-hybridized carbons (Fsp3) is 0.538. The Hall–Kier alpha value is -0.510. The Bertz CT molecular complexity index is 332. The van der Waals surface area contributed by atoms with Crippen molar-refractivity contribution in [1.29, 1.82) is 0 Å². The molecule has 88 valence electrons. The molecule has 2 nitrogen and oxygen atoms in total. The molecule has 1 fully saturated rings. The minimum atomic E-state index is -0.395. The van der Waals surface area contributed by atoms with Crippen LogP contribution < -0.4 is 0 Å². The van der Waals surface area contributed by atoms with Crippen LogP contribution in [0.3, 0.4) is 0 Å². The van der Waals surface area contributed by atoms with E-state index in [4.69, 9.17) is 4.74 Å². The number of rotatable bonds is 4. The summed E-state index contributed by atoms with van der Waals surface area (Å²) in [5.41, 5.74) is 1.02. The predicted molar refractivity (Wildman–Crippen MR) is 66.8 cm³/mol. The van der Waals surface area contributed by atoms with Gasteiger partial charge in [0.15, 0.2) is 0 Å². The normalized spacial score (nSPS) is 22.2. The maximum atomic E-state index is 9.65. The van der Waals surface area contributed by atoms with Crippen molar-refractivity contribution >= 4 is 11.8 Å². The first-order chi connectivity index (χ1) is 7.77. The van der Waals surface area contributed by atoms with Crippen molar-refractivity contribution in [3.63, 3.8) is 0 Å². The van der Waals surface area contributed by atoms with Gasteiger partial charge in [0.2, 0.25) is 0 Å². The third-order valence-electron chi connectivity index (χ3n) is 2.82. The average Bonchev–Trinajstić information content (AvgIpc) is 2.79. The Morgan fingerprint density at radius 1 is 1.50 bits per heavy atom. The van der Waals surface area contributed by atoms with Gasteiger partial charge in [0, 0.05) is 17.3 Å². The molecule has 1 saturated heterocycles. The quantitative estimate of drug-likeness (QED) is 0.818. The maximum absolute atomic E-state index is 9.65. The second-order valence-electron chi connectivity index (χ2n) is 4.16. The zero-order valence-electron chi connectivity index (χ0n) is 9.56. The van der Waals surface area contributed by atoms with E-state index in [0.29, 0.717) is 6.10 Å². The van der Waals surface area contributed by atoms with Crippen molar-refractivity contribution in [3.05, 3.63) is 29.8 Å². The lowest BCUT2D eigenvalue weighted by Gasteiger charge is -2.13. The Morgan fingerprint density at radius 2 is 2.31 bits per heavy atom. The number of aliphatic hydroxyl groups excluding tert-OH is 1. The zero-order valence-corrected chi connectivity index (χ0v) is 10.4. The fourth-order valence-corrected chi connectivity index (χ4v) is 3.12. The van der Waals surface area contributed by atoms with Crippen LogP contribution in [0.5, 0.6) is 0 Å². The van der Waals surface area contributed by atoms with Gasteiger partial charge in [0.25, 0.3) is 0 Å². The molecular formula is C13H18O2S. The number of hydrogen-bond acceptors (Lipinski definition) is 3. The highest BCUT2D eigenvalue weighted by atomic mass is 32.2. The van der Waals surface area contributed by atoms with E-state index in [-0.39, 0.29) is 0 Å². The van der Waals surface area contributed by atoms with E-state index in [9.17, 15) is 5.11 Å². The first-order valence-corrected chi connectivity index (χ1v) is 6.77. The molecule has 1 aromatic rings. The fourth-order valence-electron chi connectivity index (χ4n) is 1.92. The molecule has 0 amide bonds. The van der Waals surface area contributed by atoms with Crippen molar-refractivity contribution in [2.45, 2.75) is 36.9 Å². The third-order valence-corrected chi connectivity index (χ3v) is 4.04. The molecule has 1 aromatic carbocycles. The smallest absolute Gasteiger partial charge is 0.0772 e. The standard InChI is InChI=1S/C13H18O2S/c1-10(14)12-6-2-3-7-13(12)16-9-11-5-4-8-15-11/h2-3,6-7,10-11,14H,4-5,8-9H2,1H3. The van der Waals surface area contributed by atoms with E-state index < -0.39 is 6.10 Å². The number of benzene rings is 1. The van der Waals surface area contributed by atoms with E-state index in [2.05, 4.69) is 6.07 Å². The molecule has 1 aliphatic heterocycles. The van der Waals surface area contributed by atoms with Gasteiger partial charge in [-0.15, -0.1) is 11.8 Å². The van der Waals surface area contributed by atoms with Gasteiger partial charge in [0.1, 0.15) is 0 Å². The lowest BCUT2D eigenvalue weighted by atomic mass is 10.1. The van der Waals surface area contributed by atoms with Crippen molar-refractivity contribution in [2.75, 3.05) is 12.4 Å². The minimum absolute atomic E-state index is 0.395. The minimum Gasteiger partial charge on any atom is -0.389 e. The van der Waals surface area contributed by atoms with E-state index >= 15 is 0 Å². The summed E-state index contributed by atoms with van der Waals surface area (Å²) < 4.78 is 5.59. The first kappa shape index (κ1) is 12.0. The number of aliphatic hydroxyl groups is 1. The molecule has 2 atom stereocenters. The van der Waals surface area contributed by atoms with Gasteiger partial charge in [-0.1, -0.05) is 18.2 Å². The molecule has 3 heteroatoms. The van der Waals surface area contributed by atoms with Gasteiger partial charge in [-0.3, -0.25) is 0 Å². The SMILES string of the molecule is CC(O)c1ccccc1SCC1CCCO1. The predicted octanol–water partition coefficient (Wildman–Crippen LogP) is 3.01. The van der Waals surface area contributed by atoms with Crippen LogP contribution in [0.25, 0.3) is 0 Å². The van der Waals surface area contributed by atoms with Gasteiger partial charge in [0.05, 0.1) is 12.2 Å². The summed E-state index contributed by atoms with van der Waals surface area (Å²) >= 11 is 1.79. The van der Waals surface area contributed by atoms with Crippen LogP contribution in [0.2, 0.25) is 0 Å². The van der Waals surface area contributed by atoms with Gasteiger partial charge < -0.3 is 9.84 Å². The summed E-state index contributed by atoms with van der Waals surface area (Å²) in [7, 11) is 0. The molecular weight excluding hydrogens is 220 g/mol. The summed E-state index contributed by atoms with van der Waals surface area (Å²) in [5, 5.41) is 9.65. The summed E-state index contributed by atoms with van der Waals surface area (Å²) in [6, 6.07) is 8.05. The Morgan fingerprint density at radius 3 is 3.00 bits per heavy atom. The van der Waals surface area contributed by atoms with Gasteiger partial charge in [-0.05, 0) is 31.4 Å². The van der Waals surface area contributed by atoms with Crippen LogP contribution in [0, 0.1) is 0 Å². The molecule has 0 bridgehead atoms. The number of thioether (sulfide) groups is 1. The molecule has 0 aliphatic carbocycles. The zero-order chi connectivity index (χ0) is 11.4. The maximum Gasteiger partial charge on any atom is 0.0772 e. The largest absolute Gasteiger partial charge is 0.389 e. The Labute approximate surface area is 101 Å². The highest BCUT2D eigenvalue weighted by Gasteiger charge is 2.16. The molecule has 0 spiro atoms. The summed E-state index contributed by atoms with van der Waals surface area (Å²) in [6.45, 7) is 2.72. The van der Waals surface area contributed by atoms with E-state index in [0.717, 1.165) is 17.9 Å². The average molecular weight is 238 g/mol. The van der Waals surface area contributed by atoms with Crippen LogP contribution in [-0.4, -0.2) is 23.6 Å². The van der Waals surface area contributed by atoms with E-state index in [1.165, 1.54) is 17.7 Å². The molecule has 1 heterocycles. The van der Waals surface area contributed by atoms with Crippen molar-refractivity contribution in [3.8, 4) is 0 Å². The first-order valence-electron chi connectivity index (χ1n) is 5.79. The third kappa shape index (κ3) is 3.00. The van der Waals surface area contributed by atoms with Crippen LogP contribution in [0.1, 0.15) is 31.4 Å². The topological polar surface area (TPSA) is 29.5 Å². The summed E-state index contributed by atoms with van der Waals surface area (Å²) in [5.74, 6) is 0.990. The van der Waals surface area contributed by atoms with Crippen LogP contribution in [0.15, 0.2) is 29.2 Å². The van der Waals surface area contributed by atoms with Crippen molar-refractivity contribution in [2.24, 2.45) is 0 Å². The molecule has 0 aromatic heterocycles. The Balaban J connectivity index is 1.97.